The average molecular weight is 310 g/mol. The SMILES string of the molecule is OC1CC2(CCN(Cc3ccc(Br)cc3)CC2)C1. The van der Waals surface area contributed by atoms with Gasteiger partial charge in [-0.3, -0.25) is 4.90 Å². The van der Waals surface area contributed by atoms with Crippen LogP contribution in [0.3, 0.4) is 0 Å². The summed E-state index contributed by atoms with van der Waals surface area (Å²) in [5.41, 5.74) is 1.89. The molecule has 0 atom stereocenters. The number of nitrogens with zero attached hydrogens (tertiary/aromatic N) is 1. The first kappa shape index (κ1) is 12.6. The van der Waals surface area contributed by atoms with Crippen molar-refractivity contribution in [1.29, 1.82) is 0 Å². The molecule has 0 bridgehead atoms. The lowest BCUT2D eigenvalue weighted by molar-refractivity contribution is -0.0689. The summed E-state index contributed by atoms with van der Waals surface area (Å²) in [5.74, 6) is 0. The van der Waals surface area contributed by atoms with Crippen LogP contribution < -0.4 is 0 Å². The van der Waals surface area contributed by atoms with Crippen molar-refractivity contribution in [1.82, 2.24) is 4.90 Å². The molecule has 0 unspecified atom stereocenters. The minimum Gasteiger partial charge on any atom is -0.393 e. The Morgan fingerprint density at radius 3 is 2.33 bits per heavy atom. The molecular formula is C15H20BrNO. The van der Waals surface area contributed by atoms with Crippen LogP contribution in [-0.2, 0) is 6.54 Å². The quantitative estimate of drug-likeness (QED) is 0.907. The van der Waals surface area contributed by atoms with Crippen LogP contribution in [0.25, 0.3) is 0 Å². The molecule has 1 heterocycles. The van der Waals surface area contributed by atoms with E-state index in [0.717, 1.165) is 23.9 Å². The molecule has 3 heteroatoms. The highest BCUT2D eigenvalue weighted by Gasteiger charge is 2.44. The molecule has 1 aromatic carbocycles. The molecule has 1 aromatic rings. The van der Waals surface area contributed by atoms with Crippen LogP contribution in [0.1, 0.15) is 31.2 Å². The van der Waals surface area contributed by atoms with E-state index in [2.05, 4.69) is 45.1 Å². The van der Waals surface area contributed by atoms with Crippen LogP contribution in [0.4, 0.5) is 0 Å². The van der Waals surface area contributed by atoms with Crippen LogP contribution in [0.2, 0.25) is 0 Å². The molecule has 1 N–H and O–H groups in total. The van der Waals surface area contributed by atoms with Crippen LogP contribution >= 0.6 is 15.9 Å². The molecule has 3 rings (SSSR count). The molecule has 1 saturated carbocycles. The summed E-state index contributed by atoms with van der Waals surface area (Å²) in [5, 5.41) is 9.47. The molecule has 2 fully saturated rings. The monoisotopic (exact) mass is 309 g/mol. The van der Waals surface area contributed by atoms with E-state index in [0.29, 0.717) is 5.41 Å². The normalized spacial score (nSPS) is 24.1. The number of hydrogen-bond donors (Lipinski definition) is 1. The smallest absolute Gasteiger partial charge is 0.0550 e. The lowest BCUT2D eigenvalue weighted by Crippen LogP contribution is -2.48. The van der Waals surface area contributed by atoms with E-state index >= 15 is 0 Å². The lowest BCUT2D eigenvalue weighted by atomic mass is 9.61. The van der Waals surface area contributed by atoms with E-state index in [4.69, 9.17) is 0 Å². The van der Waals surface area contributed by atoms with Gasteiger partial charge >= 0.3 is 0 Å². The van der Waals surface area contributed by atoms with Crippen molar-refractivity contribution >= 4 is 15.9 Å². The summed E-state index contributed by atoms with van der Waals surface area (Å²) in [4.78, 5) is 2.54. The third kappa shape index (κ3) is 2.63. The van der Waals surface area contributed by atoms with E-state index in [1.807, 2.05) is 0 Å². The molecule has 18 heavy (non-hydrogen) atoms. The number of benzene rings is 1. The van der Waals surface area contributed by atoms with Crippen molar-refractivity contribution in [2.75, 3.05) is 13.1 Å². The van der Waals surface area contributed by atoms with E-state index in [1.165, 1.54) is 31.5 Å². The van der Waals surface area contributed by atoms with Crippen LogP contribution in [0.5, 0.6) is 0 Å². The van der Waals surface area contributed by atoms with Gasteiger partial charge in [0.2, 0.25) is 0 Å². The van der Waals surface area contributed by atoms with Crippen molar-refractivity contribution in [3.63, 3.8) is 0 Å². The number of halogens is 1. The van der Waals surface area contributed by atoms with Gasteiger partial charge in [0.25, 0.3) is 0 Å². The van der Waals surface area contributed by atoms with Crippen molar-refractivity contribution in [2.24, 2.45) is 5.41 Å². The Bertz CT molecular complexity index is 401. The van der Waals surface area contributed by atoms with Gasteiger partial charge in [-0.05, 0) is 61.9 Å². The Hall–Kier alpha value is -0.380. The molecule has 1 aliphatic carbocycles. The largest absolute Gasteiger partial charge is 0.393 e. The molecule has 2 nitrogen and oxygen atoms in total. The Morgan fingerprint density at radius 1 is 1.17 bits per heavy atom. The third-order valence-corrected chi connectivity index (χ3v) is 5.10. The van der Waals surface area contributed by atoms with Gasteiger partial charge in [0.05, 0.1) is 6.10 Å². The van der Waals surface area contributed by atoms with E-state index < -0.39 is 0 Å². The summed E-state index contributed by atoms with van der Waals surface area (Å²) < 4.78 is 1.15. The second kappa shape index (κ2) is 4.95. The number of likely N-dealkylation sites (tertiary alicyclic amines) is 1. The van der Waals surface area contributed by atoms with Gasteiger partial charge in [-0.15, -0.1) is 0 Å². The maximum absolute atomic E-state index is 9.47. The summed E-state index contributed by atoms with van der Waals surface area (Å²) >= 11 is 3.47. The van der Waals surface area contributed by atoms with Gasteiger partial charge in [0, 0.05) is 11.0 Å². The fourth-order valence-electron chi connectivity index (χ4n) is 3.38. The molecule has 1 saturated heterocycles. The topological polar surface area (TPSA) is 23.5 Å². The fourth-order valence-corrected chi connectivity index (χ4v) is 3.65. The summed E-state index contributed by atoms with van der Waals surface area (Å²) in [6, 6.07) is 8.62. The number of aliphatic hydroxyl groups excluding tert-OH is 1. The van der Waals surface area contributed by atoms with Gasteiger partial charge in [-0.1, -0.05) is 28.1 Å². The summed E-state index contributed by atoms with van der Waals surface area (Å²) in [6.45, 7) is 3.43. The van der Waals surface area contributed by atoms with Gasteiger partial charge in [0.1, 0.15) is 0 Å². The molecule has 1 aliphatic heterocycles. The molecule has 0 radical (unpaired) electrons. The zero-order valence-corrected chi connectivity index (χ0v) is 12.2. The molecular weight excluding hydrogens is 290 g/mol. The van der Waals surface area contributed by atoms with Crippen LogP contribution in [0.15, 0.2) is 28.7 Å². The van der Waals surface area contributed by atoms with Crippen molar-refractivity contribution in [3.05, 3.63) is 34.3 Å². The first-order valence-electron chi connectivity index (χ1n) is 6.80. The third-order valence-electron chi connectivity index (χ3n) is 4.57. The minimum absolute atomic E-state index is 0.0111. The van der Waals surface area contributed by atoms with Crippen molar-refractivity contribution in [2.45, 2.75) is 38.3 Å². The maximum atomic E-state index is 9.47. The van der Waals surface area contributed by atoms with E-state index in [9.17, 15) is 5.11 Å². The zero-order valence-electron chi connectivity index (χ0n) is 10.6. The molecule has 2 aliphatic rings. The van der Waals surface area contributed by atoms with E-state index in [-0.39, 0.29) is 6.10 Å². The zero-order chi connectivity index (χ0) is 12.6. The summed E-state index contributed by atoms with van der Waals surface area (Å²) in [7, 11) is 0. The number of aliphatic hydroxyl groups is 1. The molecule has 1 spiro atoms. The second-order valence-corrected chi connectivity index (χ2v) is 6.88. The maximum Gasteiger partial charge on any atom is 0.0550 e. The number of rotatable bonds is 2. The average Bonchev–Trinajstić information content (AvgIpc) is 2.33. The minimum atomic E-state index is -0.0111. The highest BCUT2D eigenvalue weighted by molar-refractivity contribution is 9.10. The van der Waals surface area contributed by atoms with Crippen LogP contribution in [0, 0.1) is 5.41 Å². The van der Waals surface area contributed by atoms with Gasteiger partial charge in [-0.25, -0.2) is 0 Å². The first-order valence-corrected chi connectivity index (χ1v) is 7.59. The van der Waals surface area contributed by atoms with E-state index in [1.54, 1.807) is 0 Å². The second-order valence-electron chi connectivity index (χ2n) is 5.96. The Labute approximate surface area is 117 Å². The van der Waals surface area contributed by atoms with Gasteiger partial charge < -0.3 is 5.11 Å². The number of piperidine rings is 1. The highest BCUT2D eigenvalue weighted by Crippen LogP contribution is 2.49. The Kier molecular flexibility index (Phi) is 3.48. The van der Waals surface area contributed by atoms with Crippen LogP contribution in [-0.4, -0.2) is 29.2 Å². The standard InChI is InChI=1S/C15H20BrNO/c16-13-3-1-12(2-4-13)11-17-7-5-15(6-8-17)9-14(18)10-15/h1-4,14,18H,5-11H2. The first-order chi connectivity index (χ1) is 8.65. The van der Waals surface area contributed by atoms with Gasteiger partial charge in [0.15, 0.2) is 0 Å². The van der Waals surface area contributed by atoms with Gasteiger partial charge in [-0.2, -0.15) is 0 Å². The predicted molar refractivity (Wildman–Crippen MR) is 76.3 cm³/mol. The Balaban J connectivity index is 1.52. The molecule has 98 valence electrons. The van der Waals surface area contributed by atoms with Crippen molar-refractivity contribution in [3.8, 4) is 0 Å². The highest BCUT2D eigenvalue weighted by atomic mass is 79.9. The van der Waals surface area contributed by atoms with Crippen molar-refractivity contribution < 1.29 is 5.11 Å². The summed E-state index contributed by atoms with van der Waals surface area (Å²) in [6.07, 6.45) is 4.60. The predicted octanol–water partition coefficient (Wildman–Crippen LogP) is 3.19. The lowest BCUT2D eigenvalue weighted by Gasteiger charge is -2.50. The fraction of sp³-hybridized carbons (Fsp3) is 0.600. The number of hydrogen-bond acceptors (Lipinski definition) is 2. The molecule has 0 amide bonds. The Morgan fingerprint density at radius 2 is 1.78 bits per heavy atom. The molecule has 0 aromatic heterocycles.